The molecule has 10 nitrogen and oxygen atoms in total. The zero-order valence-electron chi connectivity index (χ0n) is 17.3. The number of imidazole rings is 1. The van der Waals surface area contributed by atoms with Gasteiger partial charge in [-0.25, -0.2) is 9.97 Å². The molecule has 3 aromatic heterocycles. The summed E-state index contributed by atoms with van der Waals surface area (Å²) in [6.45, 7) is 0. The first-order valence-corrected chi connectivity index (χ1v) is 10.1. The molecule has 0 radical (unpaired) electrons. The molecular formula is C22H20N8O2. The van der Waals surface area contributed by atoms with Crippen LogP contribution in [0.3, 0.4) is 0 Å². The number of aromatic nitrogens is 7. The van der Waals surface area contributed by atoms with Gasteiger partial charge in [0.25, 0.3) is 0 Å². The molecule has 3 heterocycles. The first-order valence-electron chi connectivity index (χ1n) is 10.1. The number of H-pyrrole nitrogens is 1. The van der Waals surface area contributed by atoms with Gasteiger partial charge in [-0.05, 0) is 17.7 Å². The van der Waals surface area contributed by atoms with Crippen molar-refractivity contribution in [3.63, 3.8) is 0 Å². The Bertz CT molecular complexity index is 1340. The van der Waals surface area contributed by atoms with Crippen LogP contribution in [0.4, 0.5) is 0 Å². The second-order valence-corrected chi connectivity index (χ2v) is 7.27. The summed E-state index contributed by atoms with van der Waals surface area (Å²) in [6, 6.07) is 17.3. The molecule has 2 N–H and O–H groups in total. The van der Waals surface area contributed by atoms with Crippen molar-refractivity contribution in [1.82, 2.24) is 40.2 Å². The van der Waals surface area contributed by atoms with Crippen LogP contribution in [0.5, 0.6) is 0 Å². The van der Waals surface area contributed by atoms with E-state index in [4.69, 9.17) is 9.51 Å². The average Bonchev–Trinajstić information content (AvgIpc) is 3.57. The molecule has 0 aliphatic carbocycles. The van der Waals surface area contributed by atoms with E-state index in [-0.39, 0.29) is 12.3 Å². The Morgan fingerprint density at radius 2 is 1.94 bits per heavy atom. The molecule has 0 saturated heterocycles. The van der Waals surface area contributed by atoms with E-state index in [9.17, 15) is 4.79 Å². The highest BCUT2D eigenvalue weighted by atomic mass is 16.5. The molecule has 32 heavy (non-hydrogen) atoms. The fraction of sp³-hybridized carbons (Fsp3) is 0.182. The molecule has 1 atom stereocenters. The fourth-order valence-corrected chi connectivity index (χ4v) is 3.58. The van der Waals surface area contributed by atoms with Gasteiger partial charge in [0.05, 0.1) is 11.0 Å². The van der Waals surface area contributed by atoms with Crippen molar-refractivity contribution >= 4 is 16.9 Å². The molecule has 1 unspecified atom stereocenters. The quantitative estimate of drug-likeness (QED) is 0.408. The monoisotopic (exact) mass is 428 g/mol. The molecule has 2 aromatic carbocycles. The van der Waals surface area contributed by atoms with Gasteiger partial charge >= 0.3 is 0 Å². The van der Waals surface area contributed by atoms with Gasteiger partial charge in [-0.1, -0.05) is 47.6 Å². The van der Waals surface area contributed by atoms with Gasteiger partial charge in [0.2, 0.25) is 17.6 Å². The molecule has 160 valence electrons. The normalized spacial score (nSPS) is 12.2. The van der Waals surface area contributed by atoms with Crippen molar-refractivity contribution in [1.29, 1.82) is 0 Å². The van der Waals surface area contributed by atoms with Crippen LogP contribution in [-0.4, -0.2) is 40.8 Å². The van der Waals surface area contributed by atoms with E-state index in [0.717, 1.165) is 22.4 Å². The minimum Gasteiger partial charge on any atom is -0.342 e. The summed E-state index contributed by atoms with van der Waals surface area (Å²) in [6.07, 6.45) is 1.85. The van der Waals surface area contributed by atoms with Gasteiger partial charge in [-0.15, -0.1) is 0 Å². The SMILES string of the molecule is Cn1c(C(NC(=O)CCc2nc(-c3ncn[nH]3)no2)c2ccccc2)nc2ccccc21. The Labute approximate surface area is 182 Å². The van der Waals surface area contributed by atoms with Gasteiger partial charge in [0.15, 0.2) is 5.82 Å². The van der Waals surface area contributed by atoms with E-state index in [1.54, 1.807) is 0 Å². The highest BCUT2D eigenvalue weighted by Crippen LogP contribution is 2.25. The third kappa shape index (κ3) is 3.85. The van der Waals surface area contributed by atoms with Crippen LogP contribution >= 0.6 is 0 Å². The van der Waals surface area contributed by atoms with E-state index in [0.29, 0.717) is 24.0 Å². The smallest absolute Gasteiger partial charge is 0.239 e. The summed E-state index contributed by atoms with van der Waals surface area (Å²) < 4.78 is 7.24. The van der Waals surface area contributed by atoms with Crippen molar-refractivity contribution in [3.8, 4) is 11.6 Å². The lowest BCUT2D eigenvalue weighted by molar-refractivity contribution is -0.121. The summed E-state index contributed by atoms with van der Waals surface area (Å²) in [5, 5.41) is 13.4. The standard InChI is InChI=1S/C22H20N8O2/c1-30-16-10-6-5-9-15(16)25-22(30)19(14-7-3-2-4-8-14)26-17(31)11-12-18-27-21(29-32-18)20-23-13-24-28-20/h2-10,13,19H,11-12H2,1H3,(H,26,31)(H,23,24,28). The number of benzene rings is 2. The molecule has 0 spiro atoms. The third-order valence-corrected chi connectivity index (χ3v) is 5.18. The Morgan fingerprint density at radius 3 is 2.72 bits per heavy atom. The molecule has 0 bridgehead atoms. The molecule has 0 saturated carbocycles. The van der Waals surface area contributed by atoms with Crippen molar-refractivity contribution in [2.45, 2.75) is 18.9 Å². The van der Waals surface area contributed by atoms with Crippen LogP contribution in [0.2, 0.25) is 0 Å². The summed E-state index contributed by atoms with van der Waals surface area (Å²) in [7, 11) is 1.95. The zero-order chi connectivity index (χ0) is 21.9. The average molecular weight is 428 g/mol. The number of nitrogens with one attached hydrogen (secondary N) is 2. The maximum Gasteiger partial charge on any atom is 0.239 e. The fourth-order valence-electron chi connectivity index (χ4n) is 3.58. The topological polar surface area (TPSA) is 127 Å². The van der Waals surface area contributed by atoms with Crippen LogP contribution in [0.25, 0.3) is 22.7 Å². The number of hydrogen-bond acceptors (Lipinski definition) is 7. The lowest BCUT2D eigenvalue weighted by Crippen LogP contribution is -2.31. The van der Waals surface area contributed by atoms with Gasteiger partial charge in [0.1, 0.15) is 18.2 Å². The lowest BCUT2D eigenvalue weighted by atomic mass is 10.1. The summed E-state index contributed by atoms with van der Waals surface area (Å²) in [4.78, 5) is 25.9. The van der Waals surface area contributed by atoms with Crippen LogP contribution in [0.1, 0.15) is 29.7 Å². The largest absolute Gasteiger partial charge is 0.342 e. The second-order valence-electron chi connectivity index (χ2n) is 7.27. The summed E-state index contributed by atoms with van der Waals surface area (Å²) in [5.74, 6) is 1.68. The third-order valence-electron chi connectivity index (χ3n) is 5.18. The number of rotatable bonds is 7. The molecule has 5 aromatic rings. The minimum atomic E-state index is -0.395. The zero-order valence-corrected chi connectivity index (χ0v) is 17.3. The van der Waals surface area contributed by atoms with E-state index in [2.05, 4.69) is 30.6 Å². The van der Waals surface area contributed by atoms with Crippen molar-refractivity contribution in [3.05, 3.63) is 78.2 Å². The maximum absolute atomic E-state index is 12.9. The molecule has 5 rings (SSSR count). The molecule has 10 heteroatoms. The second kappa shape index (κ2) is 8.42. The molecule has 0 aliphatic heterocycles. The highest BCUT2D eigenvalue weighted by Gasteiger charge is 2.23. The van der Waals surface area contributed by atoms with E-state index < -0.39 is 6.04 Å². The Balaban J connectivity index is 1.35. The molecular weight excluding hydrogens is 408 g/mol. The van der Waals surface area contributed by atoms with Crippen molar-refractivity contribution < 1.29 is 9.32 Å². The van der Waals surface area contributed by atoms with Crippen LogP contribution < -0.4 is 5.32 Å². The highest BCUT2D eigenvalue weighted by molar-refractivity contribution is 5.78. The van der Waals surface area contributed by atoms with E-state index >= 15 is 0 Å². The molecule has 0 aliphatic rings. The van der Waals surface area contributed by atoms with Crippen LogP contribution in [0, 0.1) is 0 Å². The maximum atomic E-state index is 12.9. The number of aryl methyl sites for hydroxylation is 2. The first kappa shape index (κ1) is 19.6. The van der Waals surface area contributed by atoms with E-state index in [1.807, 2.05) is 66.2 Å². The van der Waals surface area contributed by atoms with Crippen LogP contribution in [0.15, 0.2) is 65.4 Å². The van der Waals surface area contributed by atoms with Gasteiger partial charge in [-0.2, -0.15) is 10.1 Å². The van der Waals surface area contributed by atoms with Gasteiger partial charge < -0.3 is 14.4 Å². The Morgan fingerprint density at radius 1 is 1.12 bits per heavy atom. The number of carbonyl (C=O) groups is 1. The number of para-hydroxylation sites is 2. The molecule has 0 fully saturated rings. The molecule has 1 amide bonds. The number of amides is 1. The van der Waals surface area contributed by atoms with Gasteiger partial charge in [0, 0.05) is 19.9 Å². The predicted molar refractivity (Wildman–Crippen MR) is 115 cm³/mol. The van der Waals surface area contributed by atoms with Crippen molar-refractivity contribution in [2.75, 3.05) is 0 Å². The number of carbonyl (C=O) groups excluding carboxylic acids is 1. The van der Waals surface area contributed by atoms with Crippen molar-refractivity contribution in [2.24, 2.45) is 7.05 Å². The minimum absolute atomic E-state index is 0.148. The lowest BCUT2D eigenvalue weighted by Gasteiger charge is -2.19. The van der Waals surface area contributed by atoms with E-state index in [1.165, 1.54) is 6.33 Å². The first-order chi connectivity index (χ1) is 15.7. The predicted octanol–water partition coefficient (Wildman–Crippen LogP) is 2.58. The summed E-state index contributed by atoms with van der Waals surface area (Å²) in [5.41, 5.74) is 2.83. The summed E-state index contributed by atoms with van der Waals surface area (Å²) >= 11 is 0. The Kier molecular flexibility index (Phi) is 5.16. The van der Waals surface area contributed by atoms with Crippen LogP contribution in [-0.2, 0) is 18.3 Å². The van der Waals surface area contributed by atoms with Gasteiger partial charge in [-0.3, -0.25) is 9.89 Å². The number of nitrogens with zero attached hydrogens (tertiary/aromatic N) is 6. The number of fused-ring (bicyclic) bond motifs is 1. The number of aromatic amines is 1. The number of hydrogen-bond donors (Lipinski definition) is 2. The Hall–Kier alpha value is -4.34.